The van der Waals surface area contributed by atoms with Crippen molar-refractivity contribution in [3.63, 3.8) is 0 Å². The van der Waals surface area contributed by atoms with Crippen molar-refractivity contribution in [1.29, 1.82) is 0 Å². The molecule has 4 heteroatoms. The minimum absolute atomic E-state index is 0.326. The van der Waals surface area contributed by atoms with Crippen LogP contribution in [-0.2, 0) is 14.2 Å². The third-order valence-corrected chi connectivity index (χ3v) is 1.82. The molecule has 0 saturated carbocycles. The van der Waals surface area contributed by atoms with Gasteiger partial charge in [-0.2, -0.15) is 0 Å². The molecule has 1 unspecified atom stereocenters. The van der Waals surface area contributed by atoms with Crippen LogP contribution in [0, 0.1) is 0 Å². The summed E-state index contributed by atoms with van der Waals surface area (Å²) in [4.78, 5) is 11.0. The molecule has 0 radical (unpaired) electrons. The summed E-state index contributed by atoms with van der Waals surface area (Å²) in [6.45, 7) is 6.80. The minimum atomic E-state index is -0.646. The highest BCUT2D eigenvalue weighted by Crippen LogP contribution is 2.06. The Morgan fingerprint density at radius 2 is 1.93 bits per heavy atom. The molecule has 0 aliphatic heterocycles. The van der Waals surface area contributed by atoms with Crippen molar-refractivity contribution in [2.45, 2.75) is 52.7 Å². The van der Waals surface area contributed by atoms with E-state index in [1.165, 1.54) is 0 Å². The van der Waals surface area contributed by atoms with Crippen molar-refractivity contribution >= 4 is 6.16 Å². The van der Waals surface area contributed by atoms with E-state index in [1.807, 2.05) is 6.92 Å². The fourth-order valence-electron chi connectivity index (χ4n) is 1.03. The lowest BCUT2D eigenvalue weighted by Crippen LogP contribution is -2.22. The molecule has 0 aromatic rings. The zero-order valence-electron chi connectivity index (χ0n) is 9.95. The fraction of sp³-hybridized carbons (Fsp3) is 0.909. The average Bonchev–Trinajstić information content (AvgIpc) is 2.18. The highest BCUT2D eigenvalue weighted by atomic mass is 16.8. The van der Waals surface area contributed by atoms with Crippen molar-refractivity contribution in [2.75, 3.05) is 13.2 Å². The lowest BCUT2D eigenvalue weighted by molar-refractivity contribution is -0.125. The predicted molar refractivity (Wildman–Crippen MR) is 57.7 cm³/mol. The summed E-state index contributed by atoms with van der Waals surface area (Å²) >= 11 is 0. The third-order valence-electron chi connectivity index (χ3n) is 1.82. The Balaban J connectivity index is 3.75. The van der Waals surface area contributed by atoms with E-state index in [-0.39, 0.29) is 0 Å². The molecule has 0 bridgehead atoms. The highest BCUT2D eigenvalue weighted by Gasteiger charge is 2.14. The van der Waals surface area contributed by atoms with E-state index in [9.17, 15) is 4.79 Å². The smallest absolute Gasteiger partial charge is 0.435 e. The normalized spacial score (nSPS) is 12.2. The third kappa shape index (κ3) is 8.24. The standard InChI is InChI=1S/C11H22O4/c1-4-7-9-14-10(8-5-2)15-11(12)13-6-3/h10H,4-9H2,1-3H3. The molecular weight excluding hydrogens is 196 g/mol. The molecule has 0 heterocycles. The molecule has 0 N–H and O–H groups in total. The summed E-state index contributed by atoms with van der Waals surface area (Å²) in [5, 5.41) is 0. The monoisotopic (exact) mass is 218 g/mol. The van der Waals surface area contributed by atoms with Gasteiger partial charge in [-0.3, -0.25) is 0 Å². The summed E-state index contributed by atoms with van der Waals surface area (Å²) in [5.74, 6) is 0. The predicted octanol–water partition coefficient (Wildman–Crippen LogP) is 3.10. The topological polar surface area (TPSA) is 44.8 Å². The molecule has 0 amide bonds. The second kappa shape index (κ2) is 9.77. The first-order valence-electron chi connectivity index (χ1n) is 5.69. The largest absolute Gasteiger partial charge is 0.510 e. The maximum atomic E-state index is 11.0. The Labute approximate surface area is 91.9 Å². The van der Waals surface area contributed by atoms with Crippen molar-refractivity contribution in [3.8, 4) is 0 Å². The number of hydrogen-bond acceptors (Lipinski definition) is 4. The van der Waals surface area contributed by atoms with Crippen LogP contribution in [0.3, 0.4) is 0 Å². The number of rotatable bonds is 8. The summed E-state index contributed by atoms with van der Waals surface area (Å²) in [6.07, 6.45) is 2.57. The molecule has 1 atom stereocenters. The first-order valence-corrected chi connectivity index (χ1v) is 5.69. The summed E-state index contributed by atoms with van der Waals surface area (Å²) in [6, 6.07) is 0. The van der Waals surface area contributed by atoms with E-state index in [4.69, 9.17) is 9.47 Å². The van der Waals surface area contributed by atoms with Crippen LogP contribution in [0.25, 0.3) is 0 Å². The number of carbonyl (C=O) groups excluding carboxylic acids is 1. The fourth-order valence-corrected chi connectivity index (χ4v) is 1.03. The maximum absolute atomic E-state index is 11.0. The Morgan fingerprint density at radius 3 is 2.47 bits per heavy atom. The molecule has 0 spiro atoms. The van der Waals surface area contributed by atoms with Gasteiger partial charge in [0.1, 0.15) is 0 Å². The SMILES string of the molecule is CCCCOC(CCC)OC(=O)OCC. The number of ether oxygens (including phenoxy) is 3. The molecule has 0 fully saturated rings. The van der Waals surface area contributed by atoms with E-state index in [0.29, 0.717) is 19.6 Å². The van der Waals surface area contributed by atoms with Crippen LogP contribution in [-0.4, -0.2) is 25.7 Å². The molecule has 0 aromatic carbocycles. The minimum Gasteiger partial charge on any atom is -0.435 e. The van der Waals surface area contributed by atoms with Gasteiger partial charge in [-0.1, -0.05) is 26.7 Å². The molecule has 0 saturated heterocycles. The highest BCUT2D eigenvalue weighted by molar-refractivity contribution is 5.59. The van der Waals surface area contributed by atoms with Gasteiger partial charge in [0.25, 0.3) is 0 Å². The van der Waals surface area contributed by atoms with Crippen LogP contribution in [0.4, 0.5) is 4.79 Å². The van der Waals surface area contributed by atoms with Crippen molar-refractivity contribution in [1.82, 2.24) is 0 Å². The van der Waals surface area contributed by atoms with Gasteiger partial charge in [-0.15, -0.1) is 0 Å². The van der Waals surface area contributed by atoms with E-state index in [2.05, 4.69) is 11.7 Å². The van der Waals surface area contributed by atoms with Crippen LogP contribution in [0.1, 0.15) is 46.5 Å². The van der Waals surface area contributed by atoms with Gasteiger partial charge in [0, 0.05) is 6.42 Å². The lowest BCUT2D eigenvalue weighted by atomic mass is 10.3. The van der Waals surface area contributed by atoms with Gasteiger partial charge in [-0.25, -0.2) is 4.79 Å². The van der Waals surface area contributed by atoms with E-state index in [0.717, 1.165) is 19.3 Å². The Hall–Kier alpha value is -0.770. The van der Waals surface area contributed by atoms with E-state index in [1.54, 1.807) is 6.92 Å². The van der Waals surface area contributed by atoms with Crippen LogP contribution >= 0.6 is 0 Å². The zero-order chi connectivity index (χ0) is 11.5. The second-order valence-corrected chi connectivity index (χ2v) is 3.24. The van der Waals surface area contributed by atoms with Gasteiger partial charge in [0.2, 0.25) is 6.29 Å². The van der Waals surface area contributed by atoms with Crippen molar-refractivity contribution < 1.29 is 19.0 Å². The van der Waals surface area contributed by atoms with Gasteiger partial charge < -0.3 is 14.2 Å². The number of unbranched alkanes of at least 4 members (excludes halogenated alkanes) is 1. The van der Waals surface area contributed by atoms with Crippen LogP contribution < -0.4 is 0 Å². The second-order valence-electron chi connectivity index (χ2n) is 3.24. The lowest BCUT2D eigenvalue weighted by Gasteiger charge is -2.17. The number of carbonyl (C=O) groups is 1. The molecule has 0 aromatic heterocycles. The van der Waals surface area contributed by atoms with Crippen molar-refractivity contribution in [3.05, 3.63) is 0 Å². The molecule has 0 aliphatic rings. The molecule has 0 aliphatic carbocycles. The molecule has 0 rings (SSSR count). The van der Waals surface area contributed by atoms with Gasteiger partial charge >= 0.3 is 6.16 Å². The molecule has 90 valence electrons. The van der Waals surface area contributed by atoms with Gasteiger partial charge in [0.15, 0.2) is 0 Å². The Morgan fingerprint density at radius 1 is 1.20 bits per heavy atom. The van der Waals surface area contributed by atoms with Crippen LogP contribution in [0.2, 0.25) is 0 Å². The molecule has 15 heavy (non-hydrogen) atoms. The van der Waals surface area contributed by atoms with Crippen LogP contribution in [0.5, 0.6) is 0 Å². The van der Waals surface area contributed by atoms with Gasteiger partial charge in [-0.05, 0) is 13.3 Å². The van der Waals surface area contributed by atoms with Crippen molar-refractivity contribution in [2.24, 2.45) is 0 Å². The molecular formula is C11H22O4. The quantitative estimate of drug-likeness (QED) is 0.357. The average molecular weight is 218 g/mol. The van der Waals surface area contributed by atoms with Gasteiger partial charge in [0.05, 0.1) is 13.2 Å². The van der Waals surface area contributed by atoms with Crippen LogP contribution in [0.15, 0.2) is 0 Å². The first kappa shape index (κ1) is 14.2. The van der Waals surface area contributed by atoms with E-state index >= 15 is 0 Å². The Kier molecular flexibility index (Phi) is 9.27. The summed E-state index contributed by atoms with van der Waals surface area (Å²) < 4.78 is 15.1. The summed E-state index contributed by atoms with van der Waals surface area (Å²) in [7, 11) is 0. The Bertz CT molecular complexity index is 159. The zero-order valence-corrected chi connectivity index (χ0v) is 9.95. The maximum Gasteiger partial charge on any atom is 0.510 e. The molecule has 4 nitrogen and oxygen atoms in total. The van der Waals surface area contributed by atoms with E-state index < -0.39 is 12.4 Å². The summed E-state index contributed by atoms with van der Waals surface area (Å²) in [5.41, 5.74) is 0. The number of hydrogen-bond donors (Lipinski definition) is 0. The first-order chi connectivity index (χ1) is 7.24.